The van der Waals surface area contributed by atoms with Gasteiger partial charge in [-0.2, -0.15) is 0 Å². The predicted octanol–water partition coefficient (Wildman–Crippen LogP) is 2.34. The van der Waals surface area contributed by atoms with Crippen molar-refractivity contribution in [2.45, 2.75) is 70.9 Å². The fourth-order valence-electron chi connectivity index (χ4n) is 2.61. The average molecular weight is 285 g/mol. The number of ether oxygens (including phenoxy) is 1. The van der Waals surface area contributed by atoms with Crippen LogP contribution in [0.2, 0.25) is 0 Å². The van der Waals surface area contributed by atoms with Crippen LogP contribution in [0.4, 0.5) is 0 Å². The molecule has 1 atom stereocenters. The van der Waals surface area contributed by atoms with Gasteiger partial charge in [0.2, 0.25) is 5.91 Å². The Hall–Kier alpha value is -1.10. The van der Waals surface area contributed by atoms with Crippen molar-refractivity contribution in [3.8, 4) is 0 Å². The third-order valence-corrected chi connectivity index (χ3v) is 3.87. The highest BCUT2D eigenvalue weighted by molar-refractivity contribution is 5.82. The van der Waals surface area contributed by atoms with E-state index in [1.807, 2.05) is 0 Å². The van der Waals surface area contributed by atoms with Crippen LogP contribution in [-0.4, -0.2) is 35.2 Å². The Bertz CT molecular complexity index is 335. The Morgan fingerprint density at radius 1 is 1.25 bits per heavy atom. The zero-order valence-electron chi connectivity index (χ0n) is 12.8. The summed E-state index contributed by atoms with van der Waals surface area (Å²) in [5.41, 5.74) is -0.571. The number of carbonyl (C=O) groups excluding carboxylic acids is 1. The summed E-state index contributed by atoms with van der Waals surface area (Å²) in [4.78, 5) is 23.1. The molecule has 0 bridgehead atoms. The summed E-state index contributed by atoms with van der Waals surface area (Å²) in [7, 11) is 0. The van der Waals surface area contributed by atoms with Crippen LogP contribution >= 0.6 is 0 Å². The molecule has 1 unspecified atom stereocenters. The van der Waals surface area contributed by atoms with Gasteiger partial charge in [0.15, 0.2) is 0 Å². The van der Waals surface area contributed by atoms with E-state index in [4.69, 9.17) is 9.84 Å². The molecular formula is C15H27NO4. The van der Waals surface area contributed by atoms with Gasteiger partial charge in [-0.1, -0.05) is 26.7 Å². The molecule has 0 aromatic carbocycles. The second-order valence-corrected chi connectivity index (χ2v) is 6.24. The van der Waals surface area contributed by atoms with E-state index in [1.54, 1.807) is 6.92 Å². The molecule has 5 nitrogen and oxygen atoms in total. The maximum atomic E-state index is 12.1. The maximum Gasteiger partial charge on any atom is 0.305 e. The van der Waals surface area contributed by atoms with E-state index in [0.717, 1.165) is 32.1 Å². The lowest BCUT2D eigenvalue weighted by molar-refractivity contribution is -0.140. The predicted molar refractivity (Wildman–Crippen MR) is 76.5 cm³/mol. The van der Waals surface area contributed by atoms with Crippen molar-refractivity contribution in [1.29, 1.82) is 0 Å². The first kappa shape index (κ1) is 17.0. The minimum atomic E-state index is -0.861. The molecule has 1 rings (SSSR count). The van der Waals surface area contributed by atoms with Gasteiger partial charge in [-0.05, 0) is 32.1 Å². The number of hydrogen-bond donors (Lipinski definition) is 2. The molecule has 0 heterocycles. The van der Waals surface area contributed by atoms with Crippen LogP contribution in [-0.2, 0) is 14.3 Å². The van der Waals surface area contributed by atoms with E-state index in [2.05, 4.69) is 19.2 Å². The van der Waals surface area contributed by atoms with Crippen LogP contribution in [0, 0.1) is 5.92 Å². The Balaban J connectivity index is 2.47. The van der Waals surface area contributed by atoms with E-state index in [-0.39, 0.29) is 12.3 Å². The largest absolute Gasteiger partial charge is 0.481 e. The average Bonchev–Trinajstić information content (AvgIpc) is 2.75. The summed E-state index contributed by atoms with van der Waals surface area (Å²) < 4.78 is 5.52. The molecule has 1 aliphatic rings. The molecule has 1 aliphatic carbocycles. The standard InChI is InChI=1S/C15H27NO4/c1-11(2)6-9-20-12(3)14(19)16-15(10-13(17)18)7-4-5-8-15/h11-12H,4-10H2,1-3H3,(H,16,19)(H,17,18). The number of nitrogens with one attached hydrogen (secondary N) is 1. The van der Waals surface area contributed by atoms with E-state index < -0.39 is 17.6 Å². The van der Waals surface area contributed by atoms with Crippen molar-refractivity contribution < 1.29 is 19.4 Å². The monoisotopic (exact) mass is 285 g/mol. The van der Waals surface area contributed by atoms with Gasteiger partial charge in [0, 0.05) is 6.61 Å². The van der Waals surface area contributed by atoms with Crippen LogP contribution in [0.25, 0.3) is 0 Å². The molecule has 0 aromatic rings. The van der Waals surface area contributed by atoms with Crippen LogP contribution in [0.15, 0.2) is 0 Å². The Morgan fingerprint density at radius 3 is 2.35 bits per heavy atom. The van der Waals surface area contributed by atoms with Crippen molar-refractivity contribution in [3.63, 3.8) is 0 Å². The number of amides is 1. The molecule has 0 radical (unpaired) electrons. The first-order chi connectivity index (χ1) is 9.34. The van der Waals surface area contributed by atoms with Gasteiger partial charge in [-0.25, -0.2) is 0 Å². The van der Waals surface area contributed by atoms with Crippen molar-refractivity contribution in [2.24, 2.45) is 5.92 Å². The molecule has 0 aromatic heterocycles. The molecule has 1 amide bonds. The third-order valence-electron chi connectivity index (χ3n) is 3.87. The summed E-state index contributed by atoms with van der Waals surface area (Å²) in [6, 6.07) is 0. The van der Waals surface area contributed by atoms with Gasteiger partial charge < -0.3 is 15.2 Å². The van der Waals surface area contributed by atoms with Crippen molar-refractivity contribution in [2.75, 3.05) is 6.61 Å². The van der Waals surface area contributed by atoms with Gasteiger partial charge >= 0.3 is 5.97 Å². The lowest BCUT2D eigenvalue weighted by Crippen LogP contribution is -2.51. The SMILES string of the molecule is CC(C)CCOC(C)C(=O)NC1(CC(=O)O)CCCC1. The van der Waals surface area contributed by atoms with Crippen molar-refractivity contribution in [3.05, 3.63) is 0 Å². The topological polar surface area (TPSA) is 75.6 Å². The smallest absolute Gasteiger partial charge is 0.305 e. The highest BCUT2D eigenvalue weighted by atomic mass is 16.5. The number of hydrogen-bond acceptors (Lipinski definition) is 3. The minimum Gasteiger partial charge on any atom is -0.481 e. The van der Waals surface area contributed by atoms with Gasteiger partial charge in [0.1, 0.15) is 6.10 Å². The lowest BCUT2D eigenvalue weighted by Gasteiger charge is -2.30. The summed E-state index contributed by atoms with van der Waals surface area (Å²) in [5.74, 6) is -0.518. The van der Waals surface area contributed by atoms with Gasteiger partial charge in [-0.3, -0.25) is 9.59 Å². The quantitative estimate of drug-likeness (QED) is 0.717. The van der Waals surface area contributed by atoms with E-state index >= 15 is 0 Å². The molecule has 1 saturated carbocycles. The Labute approximate surface area is 121 Å². The second-order valence-electron chi connectivity index (χ2n) is 6.24. The Morgan fingerprint density at radius 2 is 1.85 bits per heavy atom. The second kappa shape index (κ2) is 7.62. The van der Waals surface area contributed by atoms with E-state index in [1.165, 1.54) is 0 Å². The molecule has 0 spiro atoms. The number of carboxylic acids is 1. The normalized spacial score (nSPS) is 19.0. The molecule has 2 N–H and O–H groups in total. The Kier molecular flexibility index (Phi) is 6.46. The zero-order valence-corrected chi connectivity index (χ0v) is 12.8. The number of carbonyl (C=O) groups is 2. The van der Waals surface area contributed by atoms with Gasteiger partial charge in [-0.15, -0.1) is 0 Å². The molecule has 5 heteroatoms. The highest BCUT2D eigenvalue weighted by Gasteiger charge is 2.38. The molecule has 116 valence electrons. The van der Waals surface area contributed by atoms with E-state index in [0.29, 0.717) is 12.5 Å². The molecule has 0 saturated heterocycles. The molecular weight excluding hydrogens is 258 g/mol. The lowest BCUT2D eigenvalue weighted by atomic mass is 9.93. The van der Waals surface area contributed by atoms with Crippen molar-refractivity contribution in [1.82, 2.24) is 5.32 Å². The summed E-state index contributed by atoms with van der Waals surface area (Å²) in [5, 5.41) is 11.9. The third kappa shape index (κ3) is 5.49. The maximum absolute atomic E-state index is 12.1. The number of carboxylic acid groups (broad SMARTS) is 1. The summed E-state index contributed by atoms with van der Waals surface area (Å²) >= 11 is 0. The molecule has 1 fully saturated rings. The van der Waals surface area contributed by atoms with Crippen LogP contribution < -0.4 is 5.32 Å². The summed E-state index contributed by atoms with van der Waals surface area (Å²) in [6.07, 6.45) is 3.80. The first-order valence-electron chi connectivity index (χ1n) is 7.50. The highest BCUT2D eigenvalue weighted by Crippen LogP contribution is 2.32. The first-order valence-corrected chi connectivity index (χ1v) is 7.50. The van der Waals surface area contributed by atoms with Gasteiger partial charge in [0.05, 0.1) is 12.0 Å². The van der Waals surface area contributed by atoms with Gasteiger partial charge in [0.25, 0.3) is 0 Å². The zero-order chi connectivity index (χ0) is 15.2. The van der Waals surface area contributed by atoms with Crippen molar-refractivity contribution >= 4 is 11.9 Å². The number of rotatable bonds is 8. The van der Waals surface area contributed by atoms with Crippen LogP contribution in [0.3, 0.4) is 0 Å². The fourth-order valence-corrected chi connectivity index (χ4v) is 2.61. The molecule has 0 aliphatic heterocycles. The molecule has 20 heavy (non-hydrogen) atoms. The fraction of sp³-hybridized carbons (Fsp3) is 0.867. The number of aliphatic carboxylic acids is 1. The minimum absolute atomic E-state index is 0.00253. The van der Waals surface area contributed by atoms with Crippen LogP contribution in [0.1, 0.15) is 59.3 Å². The van der Waals surface area contributed by atoms with Crippen LogP contribution in [0.5, 0.6) is 0 Å². The van der Waals surface area contributed by atoms with E-state index in [9.17, 15) is 9.59 Å². The summed E-state index contributed by atoms with van der Waals surface area (Å²) in [6.45, 7) is 6.49.